The largest absolute Gasteiger partial charge is 0.378 e. The highest BCUT2D eigenvalue weighted by Crippen LogP contribution is 2.24. The third-order valence-corrected chi connectivity index (χ3v) is 3.94. The van der Waals surface area contributed by atoms with Crippen molar-refractivity contribution in [3.63, 3.8) is 0 Å². The molecule has 2 rings (SSSR count). The lowest BCUT2D eigenvalue weighted by Crippen LogP contribution is -2.44. The Morgan fingerprint density at radius 1 is 1.50 bits per heavy atom. The number of likely N-dealkylation sites (tertiary alicyclic amines) is 1. The first-order valence-electron chi connectivity index (χ1n) is 6.75. The predicted octanol–water partition coefficient (Wildman–Crippen LogP) is 1.29. The van der Waals surface area contributed by atoms with Crippen molar-refractivity contribution in [3.05, 3.63) is 0 Å². The molecule has 2 aliphatic rings. The summed E-state index contributed by atoms with van der Waals surface area (Å²) in [6, 6.07) is 0.217. The van der Waals surface area contributed by atoms with Gasteiger partial charge in [-0.1, -0.05) is 13.8 Å². The number of halogens is 1. The molecule has 0 spiro atoms. The predicted molar refractivity (Wildman–Crippen MR) is 74.0 cm³/mol. The standard InChI is InChI=1S/C13H24N2O2.ClH/c1-10(2)11-3-5-15(8-11)13(16)7-12-9-17-6-4-14-12;/h10-12,14H,3-9H2,1-2H3;1H. The quantitative estimate of drug-likeness (QED) is 0.845. The normalized spacial score (nSPS) is 28.3. The lowest BCUT2D eigenvalue weighted by molar-refractivity contribution is -0.131. The lowest BCUT2D eigenvalue weighted by atomic mass is 9.95. The number of morpholine rings is 1. The van der Waals surface area contributed by atoms with Gasteiger partial charge in [-0.05, 0) is 18.3 Å². The molecule has 0 radical (unpaired) electrons. The summed E-state index contributed by atoms with van der Waals surface area (Å²) < 4.78 is 5.37. The van der Waals surface area contributed by atoms with Crippen molar-refractivity contribution in [1.29, 1.82) is 0 Å². The average Bonchev–Trinajstić information content (AvgIpc) is 2.79. The summed E-state index contributed by atoms with van der Waals surface area (Å²) in [6.45, 7) is 8.69. The molecule has 2 fully saturated rings. The Morgan fingerprint density at radius 2 is 2.28 bits per heavy atom. The molecule has 0 saturated carbocycles. The Bertz CT molecular complexity index is 268. The summed E-state index contributed by atoms with van der Waals surface area (Å²) in [5.74, 6) is 1.66. The molecule has 0 bridgehead atoms. The number of rotatable bonds is 3. The molecule has 18 heavy (non-hydrogen) atoms. The number of amides is 1. The molecule has 2 unspecified atom stereocenters. The Hall–Kier alpha value is -0.320. The van der Waals surface area contributed by atoms with Crippen LogP contribution in [-0.4, -0.2) is 49.7 Å². The molecule has 0 aromatic carbocycles. The first-order chi connectivity index (χ1) is 8.16. The lowest BCUT2D eigenvalue weighted by Gasteiger charge is -2.25. The van der Waals surface area contributed by atoms with Crippen molar-refractivity contribution in [1.82, 2.24) is 10.2 Å². The van der Waals surface area contributed by atoms with Crippen molar-refractivity contribution in [3.8, 4) is 0 Å². The van der Waals surface area contributed by atoms with Crippen LogP contribution in [0.5, 0.6) is 0 Å². The molecule has 1 N–H and O–H groups in total. The van der Waals surface area contributed by atoms with E-state index in [0.717, 1.165) is 32.7 Å². The van der Waals surface area contributed by atoms with E-state index in [0.29, 0.717) is 24.9 Å². The highest BCUT2D eigenvalue weighted by atomic mass is 35.5. The molecule has 2 heterocycles. The van der Waals surface area contributed by atoms with E-state index < -0.39 is 0 Å². The fourth-order valence-corrected chi connectivity index (χ4v) is 2.65. The Labute approximate surface area is 116 Å². The third kappa shape index (κ3) is 4.11. The maximum atomic E-state index is 12.1. The van der Waals surface area contributed by atoms with Gasteiger partial charge in [0.2, 0.25) is 5.91 Å². The van der Waals surface area contributed by atoms with Crippen molar-refractivity contribution >= 4 is 18.3 Å². The van der Waals surface area contributed by atoms with E-state index in [1.807, 2.05) is 4.90 Å². The molecule has 2 atom stereocenters. The number of nitrogens with one attached hydrogen (secondary N) is 1. The van der Waals surface area contributed by atoms with Crippen molar-refractivity contribution in [2.24, 2.45) is 11.8 Å². The number of carbonyl (C=O) groups is 1. The molecule has 2 aliphatic heterocycles. The summed E-state index contributed by atoms with van der Waals surface area (Å²) in [6.07, 6.45) is 1.75. The zero-order chi connectivity index (χ0) is 12.3. The SMILES string of the molecule is CC(C)C1CCN(C(=O)CC2COCCN2)C1.Cl. The van der Waals surface area contributed by atoms with Gasteiger partial charge in [0.25, 0.3) is 0 Å². The minimum absolute atomic E-state index is 0. The van der Waals surface area contributed by atoms with Gasteiger partial charge in [-0.2, -0.15) is 0 Å². The van der Waals surface area contributed by atoms with Crippen LogP contribution in [0.2, 0.25) is 0 Å². The van der Waals surface area contributed by atoms with E-state index in [1.165, 1.54) is 0 Å². The topological polar surface area (TPSA) is 41.6 Å². The van der Waals surface area contributed by atoms with Gasteiger partial charge in [-0.3, -0.25) is 4.79 Å². The van der Waals surface area contributed by atoms with Gasteiger partial charge < -0.3 is 15.0 Å². The molecule has 4 nitrogen and oxygen atoms in total. The zero-order valence-corrected chi connectivity index (χ0v) is 12.2. The van der Waals surface area contributed by atoms with Gasteiger partial charge in [0, 0.05) is 32.1 Å². The van der Waals surface area contributed by atoms with E-state index in [1.54, 1.807) is 0 Å². The van der Waals surface area contributed by atoms with Crippen LogP contribution in [0.15, 0.2) is 0 Å². The molecule has 106 valence electrons. The molecule has 1 amide bonds. The van der Waals surface area contributed by atoms with Crippen LogP contribution in [0.3, 0.4) is 0 Å². The fourth-order valence-electron chi connectivity index (χ4n) is 2.65. The van der Waals surface area contributed by atoms with Crippen molar-refractivity contribution in [2.45, 2.75) is 32.7 Å². The van der Waals surface area contributed by atoms with Gasteiger partial charge >= 0.3 is 0 Å². The van der Waals surface area contributed by atoms with E-state index >= 15 is 0 Å². The summed E-state index contributed by atoms with van der Waals surface area (Å²) >= 11 is 0. The van der Waals surface area contributed by atoms with Crippen molar-refractivity contribution in [2.75, 3.05) is 32.8 Å². The number of hydrogen-bond acceptors (Lipinski definition) is 3. The molecule has 0 aromatic rings. The summed E-state index contributed by atoms with van der Waals surface area (Å²) in [5, 5.41) is 3.33. The summed E-state index contributed by atoms with van der Waals surface area (Å²) in [4.78, 5) is 14.1. The molecule has 0 aromatic heterocycles. The molecular weight excluding hydrogens is 252 g/mol. The smallest absolute Gasteiger partial charge is 0.224 e. The van der Waals surface area contributed by atoms with Crippen LogP contribution >= 0.6 is 12.4 Å². The third-order valence-electron chi connectivity index (χ3n) is 3.94. The zero-order valence-electron chi connectivity index (χ0n) is 11.4. The van der Waals surface area contributed by atoms with Gasteiger partial charge in [-0.15, -0.1) is 12.4 Å². The maximum absolute atomic E-state index is 12.1. The summed E-state index contributed by atoms with van der Waals surface area (Å²) in [5.41, 5.74) is 0. The van der Waals surface area contributed by atoms with Crippen LogP contribution in [0.4, 0.5) is 0 Å². The second-order valence-electron chi connectivity index (χ2n) is 5.56. The van der Waals surface area contributed by atoms with Gasteiger partial charge in [-0.25, -0.2) is 0 Å². The average molecular weight is 277 g/mol. The van der Waals surface area contributed by atoms with E-state index in [4.69, 9.17) is 4.74 Å². The molecule has 5 heteroatoms. The molecular formula is C13H25ClN2O2. The van der Waals surface area contributed by atoms with Crippen LogP contribution in [0.1, 0.15) is 26.7 Å². The monoisotopic (exact) mass is 276 g/mol. The molecule has 0 aliphatic carbocycles. The highest BCUT2D eigenvalue weighted by molar-refractivity contribution is 5.85. The number of carbonyl (C=O) groups excluding carboxylic acids is 1. The Morgan fingerprint density at radius 3 is 2.83 bits per heavy atom. The van der Waals surface area contributed by atoms with Crippen molar-refractivity contribution < 1.29 is 9.53 Å². The van der Waals surface area contributed by atoms with E-state index in [9.17, 15) is 4.79 Å². The van der Waals surface area contributed by atoms with Gasteiger partial charge in [0.1, 0.15) is 0 Å². The first kappa shape index (κ1) is 15.7. The highest BCUT2D eigenvalue weighted by Gasteiger charge is 2.29. The second-order valence-corrected chi connectivity index (χ2v) is 5.56. The van der Waals surface area contributed by atoms with Gasteiger partial charge in [0.15, 0.2) is 0 Å². The number of ether oxygens (including phenoxy) is 1. The van der Waals surface area contributed by atoms with Crippen LogP contribution in [0.25, 0.3) is 0 Å². The molecule has 2 saturated heterocycles. The van der Waals surface area contributed by atoms with Crippen LogP contribution in [-0.2, 0) is 9.53 Å². The Kier molecular flexibility index (Phi) is 6.39. The maximum Gasteiger partial charge on any atom is 0.224 e. The number of hydrogen-bond donors (Lipinski definition) is 1. The van der Waals surface area contributed by atoms with E-state index in [-0.39, 0.29) is 24.4 Å². The summed E-state index contributed by atoms with van der Waals surface area (Å²) in [7, 11) is 0. The van der Waals surface area contributed by atoms with Crippen LogP contribution < -0.4 is 5.32 Å². The first-order valence-corrected chi connectivity index (χ1v) is 6.75. The minimum atomic E-state index is 0. The van der Waals surface area contributed by atoms with Gasteiger partial charge in [0.05, 0.1) is 13.2 Å². The number of nitrogens with zero attached hydrogens (tertiary/aromatic N) is 1. The second kappa shape index (κ2) is 7.31. The van der Waals surface area contributed by atoms with E-state index in [2.05, 4.69) is 19.2 Å². The minimum Gasteiger partial charge on any atom is -0.378 e. The van der Waals surface area contributed by atoms with Crippen LogP contribution in [0, 0.1) is 11.8 Å². The Balaban J connectivity index is 0.00000162. The fraction of sp³-hybridized carbons (Fsp3) is 0.923.